The predicted molar refractivity (Wildman–Crippen MR) is 112 cm³/mol. The monoisotopic (exact) mass is 381 g/mol. The Morgan fingerprint density at radius 1 is 1.36 bits per heavy atom. The van der Waals surface area contributed by atoms with E-state index in [1.807, 2.05) is 30.1 Å². The van der Waals surface area contributed by atoms with Crippen molar-refractivity contribution in [3.63, 3.8) is 0 Å². The zero-order valence-electron chi connectivity index (χ0n) is 16.4. The van der Waals surface area contributed by atoms with Crippen molar-refractivity contribution in [2.24, 2.45) is 5.92 Å². The zero-order valence-corrected chi connectivity index (χ0v) is 16.4. The Hall–Kier alpha value is -3.09. The van der Waals surface area contributed by atoms with Crippen molar-refractivity contribution in [2.45, 2.75) is 25.8 Å². The van der Waals surface area contributed by atoms with Gasteiger partial charge in [-0.15, -0.1) is 0 Å². The van der Waals surface area contributed by atoms with Crippen LogP contribution in [0, 0.1) is 5.92 Å². The first kappa shape index (κ1) is 19.7. The number of piperidine rings is 1. The van der Waals surface area contributed by atoms with Gasteiger partial charge in [0.05, 0.1) is 0 Å². The topological polar surface area (TPSA) is 90.1 Å². The van der Waals surface area contributed by atoms with E-state index in [9.17, 15) is 9.59 Å². The van der Waals surface area contributed by atoms with Gasteiger partial charge in [-0.2, -0.15) is 0 Å². The standard InChI is InChI=1S/C21H27N5O2/c1-4-20(27)26-9-6-15(7-10-26)14(2)25-18-11-17(13-24-21(18)28)16-5-8-23-19(12-16)22-3/h4-5,8,11-15,25H,1,6-7,9-10H2,2-3H3,(H,22,23)(H,24,28). The van der Waals surface area contributed by atoms with Gasteiger partial charge in [-0.3, -0.25) is 9.59 Å². The molecule has 1 atom stereocenters. The summed E-state index contributed by atoms with van der Waals surface area (Å²) in [6.45, 7) is 7.09. The summed E-state index contributed by atoms with van der Waals surface area (Å²) >= 11 is 0. The van der Waals surface area contributed by atoms with E-state index in [0.717, 1.165) is 42.9 Å². The summed E-state index contributed by atoms with van der Waals surface area (Å²) in [4.78, 5) is 32.9. The molecule has 0 spiro atoms. The van der Waals surface area contributed by atoms with Crippen molar-refractivity contribution in [1.29, 1.82) is 0 Å². The third-order valence-electron chi connectivity index (χ3n) is 5.37. The number of aromatic amines is 1. The van der Waals surface area contributed by atoms with Gasteiger partial charge in [0.1, 0.15) is 11.5 Å². The van der Waals surface area contributed by atoms with Crippen LogP contribution in [0.5, 0.6) is 0 Å². The first-order chi connectivity index (χ1) is 13.5. The highest BCUT2D eigenvalue weighted by molar-refractivity contribution is 5.87. The maximum absolute atomic E-state index is 12.3. The summed E-state index contributed by atoms with van der Waals surface area (Å²) in [5.74, 6) is 1.16. The summed E-state index contributed by atoms with van der Waals surface area (Å²) < 4.78 is 0. The molecule has 2 aromatic heterocycles. The minimum atomic E-state index is -0.141. The molecular formula is C21H27N5O2. The molecular weight excluding hydrogens is 354 g/mol. The average molecular weight is 381 g/mol. The van der Waals surface area contributed by atoms with Crippen LogP contribution in [0.4, 0.5) is 11.5 Å². The summed E-state index contributed by atoms with van der Waals surface area (Å²) in [6, 6.07) is 5.85. The van der Waals surface area contributed by atoms with Crippen LogP contribution in [0.2, 0.25) is 0 Å². The third kappa shape index (κ3) is 4.42. The van der Waals surface area contributed by atoms with Crippen LogP contribution >= 0.6 is 0 Å². The molecule has 3 rings (SSSR count). The molecule has 1 unspecified atom stereocenters. The first-order valence-electron chi connectivity index (χ1n) is 9.56. The van der Waals surface area contributed by atoms with Crippen molar-refractivity contribution in [3.8, 4) is 11.1 Å². The van der Waals surface area contributed by atoms with Crippen molar-refractivity contribution >= 4 is 17.4 Å². The number of rotatable bonds is 6. The van der Waals surface area contributed by atoms with Crippen molar-refractivity contribution < 1.29 is 4.79 Å². The molecule has 0 radical (unpaired) electrons. The molecule has 1 amide bonds. The molecule has 7 nitrogen and oxygen atoms in total. The molecule has 0 saturated carbocycles. The van der Waals surface area contributed by atoms with Crippen LogP contribution in [0.25, 0.3) is 11.1 Å². The number of anilines is 2. The second-order valence-corrected chi connectivity index (χ2v) is 7.11. The Morgan fingerprint density at radius 2 is 2.11 bits per heavy atom. The van der Waals surface area contributed by atoms with Crippen LogP contribution in [0.1, 0.15) is 19.8 Å². The van der Waals surface area contributed by atoms with Crippen molar-refractivity contribution in [3.05, 3.63) is 53.6 Å². The van der Waals surface area contributed by atoms with Gasteiger partial charge >= 0.3 is 0 Å². The SMILES string of the molecule is C=CC(=O)N1CCC(C(C)Nc2cc(-c3ccnc(NC)c3)c[nH]c2=O)CC1. The number of H-pyrrole nitrogens is 1. The van der Waals surface area contributed by atoms with Gasteiger partial charge in [0.15, 0.2) is 0 Å². The van der Waals surface area contributed by atoms with E-state index < -0.39 is 0 Å². The lowest BCUT2D eigenvalue weighted by Gasteiger charge is -2.35. The molecule has 1 fully saturated rings. The van der Waals surface area contributed by atoms with E-state index >= 15 is 0 Å². The fourth-order valence-electron chi connectivity index (χ4n) is 3.62. The number of nitrogens with zero attached hydrogens (tertiary/aromatic N) is 2. The zero-order chi connectivity index (χ0) is 20.1. The van der Waals surface area contributed by atoms with Gasteiger partial charge in [-0.1, -0.05) is 6.58 Å². The molecule has 3 heterocycles. The molecule has 1 saturated heterocycles. The molecule has 148 valence electrons. The number of nitrogens with one attached hydrogen (secondary N) is 3. The molecule has 28 heavy (non-hydrogen) atoms. The molecule has 2 aromatic rings. The van der Waals surface area contributed by atoms with Crippen molar-refractivity contribution in [1.82, 2.24) is 14.9 Å². The maximum Gasteiger partial charge on any atom is 0.271 e. The van der Waals surface area contributed by atoms with Gasteiger partial charge in [0, 0.05) is 44.1 Å². The van der Waals surface area contributed by atoms with Gasteiger partial charge in [-0.25, -0.2) is 4.98 Å². The average Bonchev–Trinajstić information content (AvgIpc) is 2.74. The van der Waals surface area contributed by atoms with E-state index in [4.69, 9.17) is 0 Å². The van der Waals surface area contributed by atoms with Crippen LogP contribution in [0.3, 0.4) is 0 Å². The Morgan fingerprint density at radius 3 is 2.79 bits per heavy atom. The Kier molecular flexibility index (Phi) is 6.13. The second kappa shape index (κ2) is 8.73. The minimum Gasteiger partial charge on any atom is -0.378 e. The smallest absolute Gasteiger partial charge is 0.271 e. The van der Waals surface area contributed by atoms with E-state index in [1.54, 1.807) is 12.4 Å². The van der Waals surface area contributed by atoms with E-state index in [2.05, 4.69) is 34.1 Å². The van der Waals surface area contributed by atoms with Crippen LogP contribution in [0.15, 0.2) is 48.0 Å². The highest BCUT2D eigenvalue weighted by atomic mass is 16.2. The fraction of sp³-hybridized carbons (Fsp3) is 0.381. The normalized spacial score (nSPS) is 15.7. The highest BCUT2D eigenvalue weighted by Gasteiger charge is 2.25. The third-order valence-corrected chi connectivity index (χ3v) is 5.37. The molecule has 1 aliphatic rings. The van der Waals surface area contributed by atoms with Crippen molar-refractivity contribution in [2.75, 3.05) is 30.8 Å². The number of pyridine rings is 2. The first-order valence-corrected chi connectivity index (χ1v) is 9.56. The molecule has 0 aromatic carbocycles. The maximum atomic E-state index is 12.3. The molecule has 7 heteroatoms. The van der Waals surface area contributed by atoms with Gasteiger partial charge in [0.2, 0.25) is 5.91 Å². The quantitative estimate of drug-likeness (QED) is 0.670. The number of aromatic nitrogens is 2. The van der Waals surface area contributed by atoms with Crippen LogP contribution in [-0.4, -0.2) is 47.0 Å². The molecule has 3 N–H and O–H groups in total. The number of hydrogen-bond acceptors (Lipinski definition) is 5. The Labute approximate surface area is 164 Å². The summed E-state index contributed by atoms with van der Waals surface area (Å²) in [5.41, 5.74) is 2.30. The van der Waals surface area contributed by atoms with Gasteiger partial charge < -0.3 is 20.5 Å². The van der Waals surface area contributed by atoms with E-state index in [1.165, 1.54) is 6.08 Å². The lowest BCUT2D eigenvalue weighted by Crippen LogP contribution is -2.42. The number of carbonyl (C=O) groups is 1. The van der Waals surface area contributed by atoms with Gasteiger partial charge in [-0.05, 0) is 55.5 Å². The lowest BCUT2D eigenvalue weighted by molar-refractivity contribution is -0.127. The molecule has 0 aliphatic carbocycles. The van der Waals surface area contributed by atoms with Crippen LogP contribution < -0.4 is 16.2 Å². The fourth-order valence-corrected chi connectivity index (χ4v) is 3.62. The van der Waals surface area contributed by atoms with Crippen LogP contribution in [-0.2, 0) is 4.79 Å². The largest absolute Gasteiger partial charge is 0.378 e. The predicted octanol–water partition coefficient (Wildman–Crippen LogP) is 2.70. The number of hydrogen-bond donors (Lipinski definition) is 3. The molecule has 1 aliphatic heterocycles. The summed E-state index contributed by atoms with van der Waals surface area (Å²) in [6.07, 6.45) is 6.63. The number of amides is 1. The number of carbonyl (C=O) groups excluding carboxylic acids is 1. The highest BCUT2D eigenvalue weighted by Crippen LogP contribution is 2.25. The summed E-state index contributed by atoms with van der Waals surface area (Å²) in [7, 11) is 1.82. The minimum absolute atomic E-state index is 0.0125. The van der Waals surface area contributed by atoms with Gasteiger partial charge in [0.25, 0.3) is 5.56 Å². The lowest BCUT2D eigenvalue weighted by atomic mass is 9.90. The summed E-state index contributed by atoms with van der Waals surface area (Å²) in [5, 5.41) is 6.40. The van der Waals surface area contributed by atoms with E-state index in [0.29, 0.717) is 11.6 Å². The Bertz CT molecular complexity index is 900. The number of likely N-dealkylation sites (tertiary alicyclic amines) is 1. The van der Waals surface area contributed by atoms with E-state index in [-0.39, 0.29) is 17.5 Å². The Balaban J connectivity index is 1.71. The molecule has 0 bridgehead atoms. The second-order valence-electron chi connectivity index (χ2n) is 7.11.